The maximum Gasteiger partial charge on any atom is 0.418 e. The average molecular weight is 824 g/mol. The molecule has 1 aliphatic heterocycles. The van der Waals surface area contributed by atoms with E-state index in [1.165, 1.54) is 32.9 Å². The number of ether oxygens (including phenoxy) is 1. The van der Waals surface area contributed by atoms with Crippen molar-refractivity contribution in [1.29, 1.82) is 5.26 Å². The number of aromatic nitrogens is 3. The van der Waals surface area contributed by atoms with E-state index in [9.17, 15) is 45.2 Å². The van der Waals surface area contributed by atoms with E-state index in [-0.39, 0.29) is 67.1 Å². The molecule has 4 heterocycles. The molecule has 0 radical (unpaired) electrons. The highest BCUT2D eigenvalue weighted by molar-refractivity contribution is 7.89. The van der Waals surface area contributed by atoms with Crippen molar-refractivity contribution in [3.05, 3.63) is 79.8 Å². The van der Waals surface area contributed by atoms with Gasteiger partial charge in [0.2, 0.25) is 10.0 Å². The summed E-state index contributed by atoms with van der Waals surface area (Å²) in [5, 5.41) is 11.7. The molecule has 20 heteroatoms. The number of hydrogen-bond acceptors (Lipinski definition) is 11. The summed E-state index contributed by atoms with van der Waals surface area (Å²) < 4.78 is 104. The van der Waals surface area contributed by atoms with Gasteiger partial charge in [0.1, 0.15) is 24.3 Å². The van der Waals surface area contributed by atoms with E-state index in [0.717, 1.165) is 30.6 Å². The standard InChI is InChI=1S/C35H31ClF5N7O5S2/c1-19-44-26-15-25(35(39,40)41)30(47-10-8-46(9-11-47)18-34(2,37)38)23(16-42)28(26)33(50)48(19)12-13-53-27-5-4-20(36)14-22(27)21-6-7-43-29-24(17-54-31(21)29)32(49)45-55(3,51)52/h4-7,14-15,17H,8-13,18H2,1-3H3,(H,45,49). The third-order valence-electron chi connectivity index (χ3n) is 8.80. The summed E-state index contributed by atoms with van der Waals surface area (Å²) in [7, 11) is -3.85. The maximum absolute atomic E-state index is 14.5. The van der Waals surface area contributed by atoms with Crippen LogP contribution in [0.3, 0.4) is 0 Å². The van der Waals surface area contributed by atoms with Gasteiger partial charge in [-0.25, -0.2) is 26.9 Å². The van der Waals surface area contributed by atoms with Crippen LogP contribution in [0.1, 0.15) is 34.2 Å². The lowest BCUT2D eigenvalue weighted by atomic mass is 10.00. The van der Waals surface area contributed by atoms with Crippen LogP contribution in [-0.4, -0.2) is 85.3 Å². The lowest BCUT2D eigenvalue weighted by Gasteiger charge is -2.38. The number of carbonyl (C=O) groups excluding carboxylic acids is 1. The molecule has 1 saturated heterocycles. The van der Waals surface area contributed by atoms with E-state index in [4.69, 9.17) is 16.3 Å². The molecule has 1 fully saturated rings. The Morgan fingerprint density at radius 2 is 1.82 bits per heavy atom. The number of halogens is 6. The summed E-state index contributed by atoms with van der Waals surface area (Å²) in [6.07, 6.45) is -2.64. The van der Waals surface area contributed by atoms with Crippen LogP contribution in [0.4, 0.5) is 27.6 Å². The highest BCUT2D eigenvalue weighted by atomic mass is 35.5. The monoisotopic (exact) mass is 823 g/mol. The van der Waals surface area contributed by atoms with Crippen molar-refractivity contribution >= 4 is 65.7 Å². The van der Waals surface area contributed by atoms with Crippen molar-refractivity contribution in [3.63, 3.8) is 0 Å². The predicted octanol–water partition coefficient (Wildman–Crippen LogP) is 6.07. The van der Waals surface area contributed by atoms with Crippen LogP contribution in [0, 0.1) is 18.3 Å². The molecule has 6 rings (SSSR count). The van der Waals surface area contributed by atoms with Gasteiger partial charge >= 0.3 is 6.18 Å². The van der Waals surface area contributed by atoms with Gasteiger partial charge in [0.15, 0.2) is 0 Å². The quantitative estimate of drug-likeness (QED) is 0.165. The van der Waals surface area contributed by atoms with E-state index < -0.39 is 56.9 Å². The molecule has 55 heavy (non-hydrogen) atoms. The van der Waals surface area contributed by atoms with E-state index in [0.29, 0.717) is 26.6 Å². The first-order valence-corrected chi connectivity index (χ1v) is 19.6. The highest BCUT2D eigenvalue weighted by Crippen LogP contribution is 2.42. The number of hydrogen-bond donors (Lipinski definition) is 1. The largest absolute Gasteiger partial charge is 0.491 e. The Hall–Kier alpha value is -4.90. The number of pyridine rings is 1. The summed E-state index contributed by atoms with van der Waals surface area (Å²) in [4.78, 5) is 38.0. The third kappa shape index (κ3) is 8.52. The minimum atomic E-state index is -4.93. The number of benzene rings is 2. The minimum absolute atomic E-state index is 0.0151. The number of nitrogens with zero attached hydrogens (tertiary/aromatic N) is 6. The maximum atomic E-state index is 14.5. The zero-order valence-electron chi connectivity index (χ0n) is 29.3. The number of alkyl halides is 5. The van der Waals surface area contributed by atoms with Crippen LogP contribution in [0.15, 0.2) is 46.7 Å². The molecular formula is C35H31ClF5N7O5S2. The second kappa shape index (κ2) is 15.0. The van der Waals surface area contributed by atoms with Gasteiger partial charge in [-0.15, -0.1) is 11.3 Å². The van der Waals surface area contributed by atoms with Crippen molar-refractivity contribution < 1.29 is 39.9 Å². The highest BCUT2D eigenvalue weighted by Gasteiger charge is 2.39. The van der Waals surface area contributed by atoms with Crippen molar-refractivity contribution in [3.8, 4) is 22.9 Å². The number of fused-ring (bicyclic) bond motifs is 2. The molecule has 0 aliphatic carbocycles. The summed E-state index contributed by atoms with van der Waals surface area (Å²) in [6.45, 7) is 1.19. The summed E-state index contributed by atoms with van der Waals surface area (Å²) in [5.74, 6) is -3.49. The molecule has 0 spiro atoms. The topological polar surface area (TPSA) is 151 Å². The van der Waals surface area contributed by atoms with Crippen LogP contribution in [0.5, 0.6) is 5.75 Å². The van der Waals surface area contributed by atoms with E-state index in [1.807, 2.05) is 4.72 Å². The van der Waals surface area contributed by atoms with Gasteiger partial charge in [-0.2, -0.15) is 18.4 Å². The first kappa shape index (κ1) is 39.8. The minimum Gasteiger partial charge on any atom is -0.491 e. The van der Waals surface area contributed by atoms with Crippen molar-refractivity contribution in [1.82, 2.24) is 24.2 Å². The van der Waals surface area contributed by atoms with Crippen molar-refractivity contribution in [2.24, 2.45) is 0 Å². The van der Waals surface area contributed by atoms with Gasteiger partial charge in [0.25, 0.3) is 17.4 Å². The van der Waals surface area contributed by atoms with Gasteiger partial charge in [-0.3, -0.25) is 24.0 Å². The molecular weight excluding hydrogens is 793 g/mol. The van der Waals surface area contributed by atoms with Gasteiger partial charge in [-0.05, 0) is 37.3 Å². The Kier molecular flexibility index (Phi) is 10.8. The van der Waals surface area contributed by atoms with Crippen LogP contribution >= 0.6 is 22.9 Å². The third-order valence-corrected chi connectivity index (χ3v) is 10.6. The molecule has 0 saturated carbocycles. The molecule has 1 amide bonds. The normalized spacial score (nSPS) is 14.4. The molecule has 3 aromatic heterocycles. The number of piperazine rings is 1. The van der Waals surface area contributed by atoms with Crippen molar-refractivity contribution in [2.45, 2.75) is 32.5 Å². The molecule has 1 N–H and O–H groups in total. The van der Waals surface area contributed by atoms with E-state index in [1.54, 1.807) is 30.3 Å². The fraction of sp³-hybridized carbons (Fsp3) is 0.343. The second-order valence-electron chi connectivity index (χ2n) is 13.0. The molecule has 290 valence electrons. The van der Waals surface area contributed by atoms with Gasteiger partial charge in [-0.1, -0.05) is 11.6 Å². The van der Waals surface area contributed by atoms with Gasteiger partial charge in [0, 0.05) is 60.8 Å². The molecule has 5 aromatic rings. The summed E-state index contributed by atoms with van der Waals surface area (Å²) in [6, 6.07) is 8.97. The number of nitriles is 1. The van der Waals surface area contributed by atoms with E-state index >= 15 is 0 Å². The van der Waals surface area contributed by atoms with Crippen LogP contribution in [-0.2, 0) is 22.7 Å². The molecule has 12 nitrogen and oxygen atoms in total. The molecule has 0 atom stereocenters. The van der Waals surface area contributed by atoms with Crippen LogP contribution in [0.25, 0.3) is 32.2 Å². The Morgan fingerprint density at radius 3 is 2.45 bits per heavy atom. The number of anilines is 1. The molecule has 0 unspecified atom stereocenters. The Labute approximate surface area is 319 Å². The number of amides is 1. The summed E-state index contributed by atoms with van der Waals surface area (Å²) in [5.41, 5.74) is -1.95. The Morgan fingerprint density at radius 1 is 1.11 bits per heavy atom. The number of thiophene rings is 1. The van der Waals surface area contributed by atoms with E-state index in [2.05, 4.69) is 9.97 Å². The predicted molar refractivity (Wildman–Crippen MR) is 198 cm³/mol. The average Bonchev–Trinajstić information content (AvgIpc) is 3.53. The number of carbonyl (C=O) groups is 1. The van der Waals surface area contributed by atoms with Crippen LogP contribution in [0.2, 0.25) is 5.02 Å². The molecule has 1 aliphatic rings. The zero-order chi connectivity index (χ0) is 40.0. The fourth-order valence-corrected chi connectivity index (χ4v) is 8.19. The van der Waals surface area contributed by atoms with Gasteiger partial charge in [0.05, 0.1) is 62.8 Å². The van der Waals surface area contributed by atoms with Crippen LogP contribution < -0.4 is 19.9 Å². The smallest absolute Gasteiger partial charge is 0.418 e. The second-order valence-corrected chi connectivity index (χ2v) is 16.0. The molecule has 2 aromatic carbocycles. The first-order valence-electron chi connectivity index (χ1n) is 16.5. The number of nitrogens with one attached hydrogen (secondary N) is 1. The first-order chi connectivity index (χ1) is 25.8. The fourth-order valence-electron chi connectivity index (χ4n) is 6.53. The number of aryl methyl sites for hydroxylation is 1. The SMILES string of the molecule is Cc1nc2cc(C(F)(F)F)c(N3CCN(CC(C)(F)F)CC3)c(C#N)c2c(=O)n1CCOc1ccc(Cl)cc1-c1ccnc2c(C(=O)NS(C)(=O)=O)csc12. The Bertz CT molecular complexity index is 2540. The lowest BCUT2D eigenvalue weighted by Crippen LogP contribution is -2.50. The summed E-state index contributed by atoms with van der Waals surface area (Å²) >= 11 is 7.50. The lowest BCUT2D eigenvalue weighted by molar-refractivity contribution is -0.137. The number of sulfonamides is 1. The van der Waals surface area contributed by atoms with Crippen molar-refractivity contribution in [2.75, 3.05) is 50.5 Å². The molecule has 0 bridgehead atoms. The number of rotatable bonds is 10. The van der Waals surface area contributed by atoms with Gasteiger partial charge < -0.3 is 9.64 Å². The zero-order valence-corrected chi connectivity index (χ0v) is 31.7. The Balaban J connectivity index is 1.33.